The van der Waals surface area contributed by atoms with Gasteiger partial charge >= 0.3 is 5.69 Å². The van der Waals surface area contributed by atoms with E-state index in [9.17, 15) is 10.1 Å². The Morgan fingerprint density at radius 3 is 2.62 bits per heavy atom. The zero-order valence-electron chi connectivity index (χ0n) is 8.41. The molecule has 0 amide bonds. The Labute approximate surface area is 102 Å². The summed E-state index contributed by atoms with van der Waals surface area (Å²) >= 11 is 11.3. The molecular formula is C9H9Cl2NO4. The minimum atomic E-state index is -0.573. The lowest BCUT2D eigenvalue weighted by molar-refractivity contribution is -0.385. The molecule has 1 aromatic carbocycles. The fraction of sp³-hybridized carbons (Fsp3) is 0.333. The van der Waals surface area contributed by atoms with Crippen LogP contribution >= 0.6 is 23.2 Å². The molecule has 0 radical (unpaired) electrons. The standard InChI is InChI=1S/C9H9Cl2NO4/c1-15-9-5-8(16-3-2-10)6(11)4-7(9)12(13)14/h4-5H,2-3H2,1H3. The highest BCUT2D eigenvalue weighted by atomic mass is 35.5. The van der Waals surface area contributed by atoms with Gasteiger partial charge in [0.2, 0.25) is 5.75 Å². The van der Waals surface area contributed by atoms with Crippen LogP contribution in [0.15, 0.2) is 12.1 Å². The molecule has 0 atom stereocenters. The zero-order chi connectivity index (χ0) is 12.1. The molecular weight excluding hydrogens is 257 g/mol. The fourth-order valence-electron chi connectivity index (χ4n) is 1.09. The van der Waals surface area contributed by atoms with Crippen LogP contribution in [0.1, 0.15) is 0 Å². The van der Waals surface area contributed by atoms with Gasteiger partial charge in [0.25, 0.3) is 0 Å². The van der Waals surface area contributed by atoms with Crippen LogP contribution in [-0.4, -0.2) is 24.5 Å². The van der Waals surface area contributed by atoms with Crippen molar-refractivity contribution in [2.45, 2.75) is 0 Å². The first kappa shape index (κ1) is 12.9. The first-order chi connectivity index (χ1) is 7.60. The van der Waals surface area contributed by atoms with Crippen LogP contribution in [0.2, 0.25) is 5.02 Å². The van der Waals surface area contributed by atoms with Gasteiger partial charge in [0.1, 0.15) is 12.4 Å². The largest absolute Gasteiger partial charge is 0.491 e. The van der Waals surface area contributed by atoms with Gasteiger partial charge in [0.15, 0.2) is 0 Å². The summed E-state index contributed by atoms with van der Waals surface area (Å²) in [5, 5.41) is 10.8. The van der Waals surface area contributed by atoms with E-state index in [-0.39, 0.29) is 23.1 Å². The van der Waals surface area contributed by atoms with Crippen LogP contribution in [-0.2, 0) is 0 Å². The Morgan fingerprint density at radius 1 is 1.44 bits per heavy atom. The Bertz CT molecular complexity index is 397. The van der Waals surface area contributed by atoms with Crippen molar-refractivity contribution in [3.05, 3.63) is 27.3 Å². The number of alkyl halides is 1. The molecule has 16 heavy (non-hydrogen) atoms. The van der Waals surface area contributed by atoms with Gasteiger partial charge in [-0.1, -0.05) is 11.6 Å². The van der Waals surface area contributed by atoms with Gasteiger partial charge in [-0.25, -0.2) is 0 Å². The highest BCUT2D eigenvalue weighted by Crippen LogP contribution is 2.37. The summed E-state index contributed by atoms with van der Waals surface area (Å²) in [6.07, 6.45) is 0. The van der Waals surface area contributed by atoms with Crippen molar-refractivity contribution < 1.29 is 14.4 Å². The lowest BCUT2D eigenvalue weighted by atomic mass is 10.3. The van der Waals surface area contributed by atoms with Gasteiger partial charge in [-0.05, 0) is 0 Å². The SMILES string of the molecule is COc1cc(OCCCl)c(Cl)cc1[N+](=O)[O-]. The third-order valence-electron chi connectivity index (χ3n) is 1.76. The van der Waals surface area contributed by atoms with Crippen LogP contribution in [0.5, 0.6) is 11.5 Å². The third-order valence-corrected chi connectivity index (χ3v) is 2.21. The average Bonchev–Trinajstić information content (AvgIpc) is 2.26. The zero-order valence-corrected chi connectivity index (χ0v) is 9.92. The normalized spacial score (nSPS) is 9.94. The monoisotopic (exact) mass is 265 g/mol. The van der Waals surface area contributed by atoms with Gasteiger partial charge < -0.3 is 9.47 Å². The molecule has 0 saturated carbocycles. The molecule has 88 valence electrons. The summed E-state index contributed by atoms with van der Waals surface area (Å²) < 4.78 is 10.1. The maximum atomic E-state index is 10.7. The van der Waals surface area contributed by atoms with E-state index in [2.05, 4.69) is 0 Å². The van der Waals surface area contributed by atoms with E-state index in [1.54, 1.807) is 0 Å². The van der Waals surface area contributed by atoms with Crippen molar-refractivity contribution in [2.24, 2.45) is 0 Å². The molecule has 0 N–H and O–H groups in total. The molecule has 0 unspecified atom stereocenters. The van der Waals surface area contributed by atoms with Gasteiger partial charge in [0.05, 0.1) is 22.9 Å². The number of benzene rings is 1. The maximum Gasteiger partial charge on any atom is 0.312 e. The number of rotatable bonds is 5. The number of hydrogen-bond acceptors (Lipinski definition) is 4. The number of nitrogens with zero attached hydrogens (tertiary/aromatic N) is 1. The van der Waals surface area contributed by atoms with E-state index in [0.29, 0.717) is 11.6 Å². The van der Waals surface area contributed by atoms with Crippen molar-refractivity contribution in [1.29, 1.82) is 0 Å². The van der Waals surface area contributed by atoms with Crippen molar-refractivity contribution in [3.8, 4) is 11.5 Å². The number of nitro benzene ring substituents is 1. The summed E-state index contributed by atoms with van der Waals surface area (Å²) in [5.74, 6) is 0.707. The van der Waals surface area contributed by atoms with E-state index in [0.717, 1.165) is 0 Å². The molecule has 1 aromatic rings. The maximum absolute atomic E-state index is 10.7. The predicted molar refractivity (Wildman–Crippen MR) is 60.9 cm³/mol. The Morgan fingerprint density at radius 2 is 2.12 bits per heavy atom. The number of ether oxygens (including phenoxy) is 2. The third kappa shape index (κ3) is 2.90. The quantitative estimate of drug-likeness (QED) is 0.467. The minimum Gasteiger partial charge on any atom is -0.491 e. The molecule has 1 rings (SSSR count). The molecule has 0 aliphatic heterocycles. The van der Waals surface area contributed by atoms with Crippen molar-refractivity contribution in [2.75, 3.05) is 19.6 Å². The smallest absolute Gasteiger partial charge is 0.312 e. The number of halogens is 2. The number of hydrogen-bond donors (Lipinski definition) is 0. The second kappa shape index (κ2) is 5.77. The van der Waals surface area contributed by atoms with E-state index < -0.39 is 4.92 Å². The minimum absolute atomic E-state index is 0.0963. The summed E-state index contributed by atoms with van der Waals surface area (Å²) in [6.45, 7) is 0.266. The molecule has 0 aromatic heterocycles. The van der Waals surface area contributed by atoms with Crippen LogP contribution in [0.4, 0.5) is 5.69 Å². The van der Waals surface area contributed by atoms with Crippen molar-refractivity contribution in [1.82, 2.24) is 0 Å². The Balaban J connectivity index is 3.10. The highest BCUT2D eigenvalue weighted by Gasteiger charge is 2.18. The average molecular weight is 266 g/mol. The van der Waals surface area contributed by atoms with E-state index >= 15 is 0 Å². The van der Waals surface area contributed by atoms with E-state index in [1.807, 2.05) is 0 Å². The molecule has 0 saturated heterocycles. The number of nitro groups is 1. The van der Waals surface area contributed by atoms with E-state index in [4.69, 9.17) is 32.7 Å². The lowest BCUT2D eigenvalue weighted by Crippen LogP contribution is -2.00. The fourth-order valence-corrected chi connectivity index (χ4v) is 1.38. The Kier molecular flexibility index (Phi) is 4.64. The molecule has 0 aliphatic rings. The topological polar surface area (TPSA) is 61.6 Å². The van der Waals surface area contributed by atoms with Gasteiger partial charge in [-0.15, -0.1) is 11.6 Å². The van der Waals surface area contributed by atoms with Crippen LogP contribution in [0.25, 0.3) is 0 Å². The van der Waals surface area contributed by atoms with E-state index in [1.165, 1.54) is 19.2 Å². The molecule has 0 fully saturated rings. The Hall–Kier alpha value is -1.20. The molecule has 0 heterocycles. The van der Waals surface area contributed by atoms with Crippen molar-refractivity contribution in [3.63, 3.8) is 0 Å². The summed E-state index contributed by atoms with van der Waals surface area (Å²) in [7, 11) is 1.33. The van der Waals surface area contributed by atoms with Crippen molar-refractivity contribution >= 4 is 28.9 Å². The van der Waals surface area contributed by atoms with Crippen LogP contribution in [0.3, 0.4) is 0 Å². The second-order valence-corrected chi connectivity index (χ2v) is 3.53. The van der Waals surface area contributed by atoms with Gasteiger partial charge in [-0.2, -0.15) is 0 Å². The number of methoxy groups -OCH3 is 1. The van der Waals surface area contributed by atoms with Crippen LogP contribution < -0.4 is 9.47 Å². The second-order valence-electron chi connectivity index (χ2n) is 2.75. The lowest BCUT2D eigenvalue weighted by Gasteiger charge is -2.08. The summed E-state index contributed by atoms with van der Waals surface area (Å²) in [4.78, 5) is 10.1. The van der Waals surface area contributed by atoms with Crippen LogP contribution in [0, 0.1) is 10.1 Å². The first-order valence-corrected chi connectivity index (χ1v) is 5.22. The highest BCUT2D eigenvalue weighted by molar-refractivity contribution is 6.32. The molecule has 7 heteroatoms. The molecule has 0 bridgehead atoms. The molecule has 0 aliphatic carbocycles. The summed E-state index contributed by atoms with van der Waals surface area (Å²) in [6, 6.07) is 2.55. The predicted octanol–water partition coefficient (Wildman–Crippen LogP) is 2.87. The summed E-state index contributed by atoms with van der Waals surface area (Å²) in [5.41, 5.74) is -0.203. The molecule has 0 spiro atoms. The van der Waals surface area contributed by atoms with Gasteiger partial charge in [-0.3, -0.25) is 10.1 Å². The van der Waals surface area contributed by atoms with Gasteiger partial charge in [0, 0.05) is 12.1 Å². The first-order valence-electron chi connectivity index (χ1n) is 4.30. The molecule has 5 nitrogen and oxygen atoms in total.